The van der Waals surface area contributed by atoms with Crippen LogP contribution >= 0.6 is 11.6 Å². The van der Waals surface area contributed by atoms with Gasteiger partial charge in [-0.3, -0.25) is 14.9 Å². The number of rotatable bonds is 8. The molecule has 0 aliphatic rings. The summed E-state index contributed by atoms with van der Waals surface area (Å²) in [6, 6.07) is 15.1. The number of nitro groups is 1. The summed E-state index contributed by atoms with van der Waals surface area (Å²) in [4.78, 5) is 27.4. The predicted octanol–water partition coefficient (Wildman–Crippen LogP) is 3.64. The highest BCUT2D eigenvalue weighted by Gasteiger charge is 2.19. The van der Waals surface area contributed by atoms with E-state index in [1.807, 2.05) is 31.1 Å². The fraction of sp³-hybridized carbons (Fsp3) is 0.238. The third kappa shape index (κ3) is 5.43. The van der Waals surface area contributed by atoms with Crippen LogP contribution in [0.25, 0.3) is 5.69 Å². The van der Waals surface area contributed by atoms with Crippen LogP contribution in [-0.4, -0.2) is 57.6 Å². The zero-order chi connectivity index (χ0) is 21.7. The van der Waals surface area contributed by atoms with Gasteiger partial charge in [-0.05, 0) is 43.9 Å². The minimum Gasteiger partial charge on any atom is -0.332 e. The number of nitrogens with zero attached hydrogens (tertiary/aromatic N) is 5. The van der Waals surface area contributed by atoms with Gasteiger partial charge in [-0.2, -0.15) is 5.10 Å². The van der Waals surface area contributed by atoms with E-state index in [1.165, 1.54) is 16.8 Å². The highest BCUT2D eigenvalue weighted by molar-refractivity contribution is 6.30. The lowest BCUT2D eigenvalue weighted by Crippen LogP contribution is -2.36. The highest BCUT2D eigenvalue weighted by Crippen LogP contribution is 2.17. The number of nitro benzene ring substituents is 1. The van der Waals surface area contributed by atoms with E-state index < -0.39 is 4.92 Å². The average molecular weight is 428 g/mol. The number of carbonyl (C=O) groups is 1. The van der Waals surface area contributed by atoms with Crippen molar-refractivity contribution in [3.8, 4) is 5.69 Å². The van der Waals surface area contributed by atoms with Gasteiger partial charge in [-0.1, -0.05) is 29.8 Å². The van der Waals surface area contributed by atoms with E-state index in [2.05, 4.69) is 5.10 Å². The minimum absolute atomic E-state index is 0.0359. The molecule has 0 fully saturated rings. The molecule has 0 radical (unpaired) electrons. The lowest BCUT2D eigenvalue weighted by Gasteiger charge is -2.24. The standard InChI is InChI=1S/C21H22ClN5O3/c1-24(2)12-13-25(15-16-6-8-17(22)9-7-16)21(28)20-10-11-26(23-20)18-4-3-5-19(14-18)27(29)30/h3-11,14H,12-13,15H2,1-2H3. The normalized spacial score (nSPS) is 10.9. The molecule has 1 amide bonds. The summed E-state index contributed by atoms with van der Waals surface area (Å²) in [5, 5.41) is 16.0. The number of halogens is 1. The molecule has 3 aromatic rings. The van der Waals surface area contributed by atoms with Gasteiger partial charge in [-0.25, -0.2) is 4.68 Å². The number of aromatic nitrogens is 2. The molecule has 0 atom stereocenters. The monoisotopic (exact) mass is 427 g/mol. The molecule has 1 aromatic heterocycles. The zero-order valence-corrected chi connectivity index (χ0v) is 17.5. The molecular formula is C21H22ClN5O3. The molecule has 3 rings (SSSR count). The Morgan fingerprint density at radius 1 is 1.13 bits per heavy atom. The molecule has 2 aromatic carbocycles. The van der Waals surface area contributed by atoms with Crippen LogP contribution in [0.15, 0.2) is 60.8 Å². The van der Waals surface area contributed by atoms with Crippen LogP contribution in [0.3, 0.4) is 0 Å². The van der Waals surface area contributed by atoms with E-state index >= 15 is 0 Å². The second-order valence-electron chi connectivity index (χ2n) is 7.08. The van der Waals surface area contributed by atoms with E-state index in [0.29, 0.717) is 30.3 Å². The van der Waals surface area contributed by atoms with Gasteiger partial charge in [0.1, 0.15) is 0 Å². The zero-order valence-electron chi connectivity index (χ0n) is 16.7. The van der Waals surface area contributed by atoms with Crippen LogP contribution in [0.4, 0.5) is 5.69 Å². The van der Waals surface area contributed by atoms with Crippen molar-refractivity contribution in [1.29, 1.82) is 0 Å². The number of hydrogen-bond donors (Lipinski definition) is 0. The minimum atomic E-state index is -0.464. The molecule has 0 N–H and O–H groups in total. The van der Waals surface area contributed by atoms with E-state index in [1.54, 1.807) is 41.4 Å². The first-order chi connectivity index (χ1) is 14.3. The fourth-order valence-electron chi connectivity index (χ4n) is 2.88. The molecule has 30 heavy (non-hydrogen) atoms. The summed E-state index contributed by atoms with van der Waals surface area (Å²) in [6.45, 7) is 1.65. The number of amides is 1. The van der Waals surface area contributed by atoms with Crippen molar-refractivity contribution in [3.63, 3.8) is 0 Å². The summed E-state index contributed by atoms with van der Waals surface area (Å²) in [5.41, 5.74) is 1.71. The maximum atomic E-state index is 13.1. The van der Waals surface area contributed by atoms with Gasteiger partial charge in [-0.15, -0.1) is 0 Å². The summed E-state index contributed by atoms with van der Waals surface area (Å²) in [5.74, 6) is -0.212. The summed E-state index contributed by atoms with van der Waals surface area (Å²) in [7, 11) is 3.89. The molecule has 0 saturated heterocycles. The first-order valence-corrected chi connectivity index (χ1v) is 9.70. The Bertz CT molecular complexity index is 1030. The first kappa shape index (κ1) is 21.5. The summed E-state index contributed by atoms with van der Waals surface area (Å²) >= 11 is 5.96. The molecule has 0 spiro atoms. The van der Waals surface area contributed by atoms with Gasteiger partial charge in [0, 0.05) is 43.0 Å². The topological polar surface area (TPSA) is 84.5 Å². The van der Waals surface area contributed by atoms with Crippen LogP contribution in [0.5, 0.6) is 0 Å². The Kier molecular flexibility index (Phi) is 6.81. The maximum absolute atomic E-state index is 13.1. The van der Waals surface area contributed by atoms with Gasteiger partial charge in [0.15, 0.2) is 5.69 Å². The lowest BCUT2D eigenvalue weighted by atomic mass is 10.2. The van der Waals surface area contributed by atoms with E-state index in [0.717, 1.165) is 5.56 Å². The molecule has 0 saturated carbocycles. The Morgan fingerprint density at radius 3 is 2.53 bits per heavy atom. The second-order valence-corrected chi connectivity index (χ2v) is 7.52. The molecule has 0 bridgehead atoms. The van der Waals surface area contributed by atoms with Gasteiger partial charge >= 0.3 is 0 Å². The van der Waals surface area contributed by atoms with Crippen LogP contribution in [0.1, 0.15) is 16.1 Å². The molecular weight excluding hydrogens is 406 g/mol. The Labute approximate surface area is 179 Å². The maximum Gasteiger partial charge on any atom is 0.274 e. The number of non-ortho nitro benzene ring substituents is 1. The number of carbonyl (C=O) groups excluding carboxylic acids is 1. The van der Waals surface area contributed by atoms with Crippen molar-refractivity contribution < 1.29 is 9.72 Å². The van der Waals surface area contributed by atoms with Crippen molar-refractivity contribution in [2.24, 2.45) is 0 Å². The third-order valence-corrected chi connectivity index (χ3v) is 4.76. The van der Waals surface area contributed by atoms with Crippen molar-refractivity contribution in [3.05, 3.63) is 87.2 Å². The van der Waals surface area contributed by atoms with E-state index in [9.17, 15) is 14.9 Å². The first-order valence-electron chi connectivity index (χ1n) is 9.32. The number of benzene rings is 2. The van der Waals surface area contributed by atoms with Crippen LogP contribution < -0.4 is 0 Å². The van der Waals surface area contributed by atoms with Crippen molar-refractivity contribution >= 4 is 23.2 Å². The molecule has 9 heteroatoms. The lowest BCUT2D eigenvalue weighted by molar-refractivity contribution is -0.384. The molecule has 156 valence electrons. The van der Waals surface area contributed by atoms with Gasteiger partial charge in [0.2, 0.25) is 0 Å². The van der Waals surface area contributed by atoms with Crippen molar-refractivity contribution in [2.75, 3.05) is 27.2 Å². The Hall–Kier alpha value is -3.23. The average Bonchev–Trinajstić information content (AvgIpc) is 3.22. The van der Waals surface area contributed by atoms with Crippen LogP contribution in [0.2, 0.25) is 5.02 Å². The van der Waals surface area contributed by atoms with Crippen LogP contribution in [0, 0.1) is 10.1 Å². The van der Waals surface area contributed by atoms with Crippen molar-refractivity contribution in [1.82, 2.24) is 19.6 Å². The van der Waals surface area contributed by atoms with Gasteiger partial charge < -0.3 is 9.80 Å². The Balaban J connectivity index is 1.82. The summed E-state index contributed by atoms with van der Waals surface area (Å²) in [6.07, 6.45) is 1.62. The molecule has 0 aliphatic carbocycles. The predicted molar refractivity (Wildman–Crippen MR) is 115 cm³/mol. The Morgan fingerprint density at radius 2 is 1.87 bits per heavy atom. The van der Waals surface area contributed by atoms with Crippen LogP contribution in [-0.2, 0) is 6.54 Å². The SMILES string of the molecule is CN(C)CCN(Cc1ccc(Cl)cc1)C(=O)c1ccn(-c2cccc([N+](=O)[O-])c2)n1. The number of likely N-dealkylation sites (N-methyl/N-ethyl adjacent to an activating group) is 1. The smallest absolute Gasteiger partial charge is 0.274 e. The quantitative estimate of drug-likeness (QED) is 0.404. The molecule has 0 unspecified atom stereocenters. The van der Waals surface area contributed by atoms with E-state index in [-0.39, 0.29) is 17.3 Å². The largest absolute Gasteiger partial charge is 0.332 e. The second kappa shape index (κ2) is 9.51. The van der Waals surface area contributed by atoms with Crippen molar-refractivity contribution in [2.45, 2.75) is 6.54 Å². The number of hydrogen-bond acceptors (Lipinski definition) is 5. The third-order valence-electron chi connectivity index (χ3n) is 4.50. The van der Waals surface area contributed by atoms with E-state index in [4.69, 9.17) is 11.6 Å². The highest BCUT2D eigenvalue weighted by atomic mass is 35.5. The van der Waals surface area contributed by atoms with Gasteiger partial charge in [0.05, 0.1) is 10.6 Å². The molecule has 8 nitrogen and oxygen atoms in total. The summed E-state index contributed by atoms with van der Waals surface area (Å²) < 4.78 is 1.46. The fourth-order valence-corrected chi connectivity index (χ4v) is 3.00. The molecule has 0 aliphatic heterocycles. The van der Waals surface area contributed by atoms with Gasteiger partial charge in [0.25, 0.3) is 11.6 Å². The molecule has 1 heterocycles.